The molecule has 2 atom stereocenters. The Morgan fingerprint density at radius 2 is 1.78 bits per heavy atom. The van der Waals surface area contributed by atoms with Crippen molar-refractivity contribution in [2.24, 2.45) is 0 Å². The van der Waals surface area contributed by atoms with E-state index in [4.69, 9.17) is 0 Å². The van der Waals surface area contributed by atoms with Crippen molar-refractivity contribution >= 4 is 0 Å². The van der Waals surface area contributed by atoms with E-state index in [0.717, 1.165) is 0 Å². The third-order valence-corrected chi connectivity index (χ3v) is 2.01. The number of likely N-dealkylation sites (N-methyl/N-ethyl adjacent to an activating group) is 1. The molecule has 2 bridgehead atoms. The topological polar surface area (TPSA) is 17.3 Å². The summed E-state index contributed by atoms with van der Waals surface area (Å²) in [5.41, 5.74) is 0. The zero-order valence-corrected chi connectivity index (χ0v) is 7.01. The van der Waals surface area contributed by atoms with Crippen molar-refractivity contribution in [3.63, 3.8) is 0 Å². The maximum absolute atomic E-state index is 4.44. The second-order valence-electron chi connectivity index (χ2n) is 2.91. The van der Waals surface area contributed by atoms with E-state index in [1.807, 2.05) is 0 Å². The molecule has 0 aromatic rings. The number of piperidine rings is 1. The van der Waals surface area contributed by atoms with Crippen LogP contribution in [-0.4, -0.2) is 37.1 Å². The normalized spacial score (nSPS) is 41.0. The number of piperazine rings is 1. The van der Waals surface area contributed by atoms with Crippen LogP contribution in [0.2, 0.25) is 0 Å². The van der Waals surface area contributed by atoms with Gasteiger partial charge in [-0.05, 0) is 20.1 Å². The van der Waals surface area contributed by atoms with E-state index in [0.29, 0.717) is 12.1 Å². The quantitative estimate of drug-likeness (QED) is 0.505. The Bertz CT molecular complexity index is 91.2. The van der Waals surface area contributed by atoms with Crippen molar-refractivity contribution < 1.29 is 18.6 Å². The fraction of sp³-hybridized carbons (Fsp3) is 1.00. The first-order chi connectivity index (χ1) is 3.84. The summed E-state index contributed by atoms with van der Waals surface area (Å²) in [5, 5.41) is 4.44. The molecule has 3 saturated heterocycles. The van der Waals surface area contributed by atoms with Crippen LogP contribution in [0.4, 0.5) is 0 Å². The van der Waals surface area contributed by atoms with Gasteiger partial charge < -0.3 is 10.2 Å². The Labute approximate surface area is 67.9 Å². The average Bonchev–Trinajstić information content (AvgIpc) is 1.62. The van der Waals surface area contributed by atoms with E-state index >= 15 is 0 Å². The molecular formula is C6H11N2V-. The van der Waals surface area contributed by atoms with E-state index in [2.05, 4.69) is 17.3 Å². The van der Waals surface area contributed by atoms with Gasteiger partial charge in [-0.15, -0.1) is 12.1 Å². The summed E-state index contributed by atoms with van der Waals surface area (Å²) >= 11 is 0. The molecule has 0 saturated carbocycles. The van der Waals surface area contributed by atoms with Crippen LogP contribution in [0.25, 0.3) is 5.32 Å². The molecule has 0 amide bonds. The molecule has 3 heteroatoms. The van der Waals surface area contributed by atoms with E-state index in [1.54, 1.807) is 0 Å². The van der Waals surface area contributed by atoms with Crippen LogP contribution < -0.4 is 0 Å². The second kappa shape index (κ2) is 2.63. The van der Waals surface area contributed by atoms with Crippen molar-refractivity contribution in [3.8, 4) is 0 Å². The van der Waals surface area contributed by atoms with Crippen LogP contribution in [0.5, 0.6) is 0 Å². The van der Waals surface area contributed by atoms with E-state index < -0.39 is 0 Å². The summed E-state index contributed by atoms with van der Waals surface area (Å²) < 4.78 is 0. The first kappa shape index (κ1) is 7.61. The number of rotatable bonds is 0. The Kier molecular flexibility index (Phi) is 2.22. The Morgan fingerprint density at radius 1 is 1.33 bits per heavy atom. The minimum absolute atomic E-state index is 0. The van der Waals surface area contributed by atoms with Gasteiger partial charge in [0.15, 0.2) is 0 Å². The molecule has 0 aliphatic carbocycles. The maximum atomic E-state index is 4.44. The van der Waals surface area contributed by atoms with E-state index in [9.17, 15) is 0 Å². The summed E-state index contributed by atoms with van der Waals surface area (Å²) in [5.74, 6) is 0. The average molecular weight is 162 g/mol. The standard InChI is InChI=1S/C6H11N2.V/c1-8-3-5-2-6(4-8)7-5;/h5-6H,2-4H2,1H3;/q-1;. The molecule has 3 rings (SSSR count). The van der Waals surface area contributed by atoms with Crippen LogP contribution in [-0.2, 0) is 18.6 Å². The van der Waals surface area contributed by atoms with Gasteiger partial charge in [0.25, 0.3) is 0 Å². The fourth-order valence-electron chi connectivity index (χ4n) is 1.63. The van der Waals surface area contributed by atoms with E-state index in [-0.39, 0.29) is 18.6 Å². The molecule has 2 nitrogen and oxygen atoms in total. The van der Waals surface area contributed by atoms with Gasteiger partial charge in [-0.25, -0.2) is 0 Å². The van der Waals surface area contributed by atoms with Crippen LogP contribution in [0.3, 0.4) is 0 Å². The molecule has 3 aliphatic heterocycles. The van der Waals surface area contributed by atoms with Crippen LogP contribution in [0, 0.1) is 0 Å². The van der Waals surface area contributed by atoms with Gasteiger partial charge in [0.05, 0.1) is 0 Å². The zero-order valence-electron chi connectivity index (χ0n) is 5.62. The molecule has 3 fully saturated rings. The van der Waals surface area contributed by atoms with Gasteiger partial charge >= 0.3 is 0 Å². The smallest absolute Gasteiger partial charge is 0 e. The predicted octanol–water partition coefficient (Wildman–Crippen LogP) is 0.444. The van der Waals surface area contributed by atoms with Crippen LogP contribution >= 0.6 is 0 Å². The Hall–Kier alpha value is 0.504. The monoisotopic (exact) mass is 162 g/mol. The zero-order chi connectivity index (χ0) is 5.56. The van der Waals surface area contributed by atoms with Gasteiger partial charge in [-0.1, -0.05) is 6.42 Å². The first-order valence-electron chi connectivity index (χ1n) is 3.23. The third kappa shape index (κ3) is 1.32. The minimum Gasteiger partial charge on any atom is -0.655 e. The minimum atomic E-state index is 0. The Balaban J connectivity index is 0.000000405. The van der Waals surface area contributed by atoms with Crippen molar-refractivity contribution in [3.05, 3.63) is 5.32 Å². The summed E-state index contributed by atoms with van der Waals surface area (Å²) in [6.07, 6.45) is 1.37. The summed E-state index contributed by atoms with van der Waals surface area (Å²) in [6.45, 7) is 2.41. The second-order valence-corrected chi connectivity index (χ2v) is 2.91. The van der Waals surface area contributed by atoms with Gasteiger partial charge in [0, 0.05) is 18.6 Å². The SMILES string of the molecule is CN1CC2CC(C1)[N-]2.[V]. The first-order valence-corrected chi connectivity index (χ1v) is 3.23. The van der Waals surface area contributed by atoms with Crippen LogP contribution in [0.1, 0.15) is 6.42 Å². The third-order valence-electron chi connectivity index (χ3n) is 2.01. The number of fused-ring (bicyclic) bond motifs is 2. The summed E-state index contributed by atoms with van der Waals surface area (Å²) in [6, 6.07) is 1.41. The van der Waals surface area contributed by atoms with Crippen LogP contribution in [0.15, 0.2) is 0 Å². The van der Waals surface area contributed by atoms with Gasteiger partial charge in [-0.2, -0.15) is 0 Å². The molecular weight excluding hydrogens is 151 g/mol. The molecule has 1 radical (unpaired) electrons. The van der Waals surface area contributed by atoms with E-state index in [1.165, 1.54) is 19.5 Å². The van der Waals surface area contributed by atoms with Gasteiger partial charge in [-0.3, -0.25) is 0 Å². The molecule has 3 aliphatic rings. The molecule has 9 heavy (non-hydrogen) atoms. The maximum Gasteiger partial charge on any atom is 0 e. The fourth-order valence-corrected chi connectivity index (χ4v) is 1.63. The van der Waals surface area contributed by atoms with Gasteiger partial charge in [0.2, 0.25) is 0 Å². The molecule has 3 heterocycles. The number of hydrogen-bond acceptors (Lipinski definition) is 1. The molecule has 2 unspecified atom stereocenters. The summed E-state index contributed by atoms with van der Waals surface area (Å²) in [4.78, 5) is 2.37. The number of hydrogen-bond donors (Lipinski definition) is 0. The molecule has 51 valence electrons. The molecule has 0 spiro atoms. The molecule has 0 N–H and O–H groups in total. The van der Waals surface area contributed by atoms with Crippen molar-refractivity contribution in [1.29, 1.82) is 0 Å². The Morgan fingerprint density at radius 3 is 2.00 bits per heavy atom. The number of nitrogens with zero attached hydrogens (tertiary/aromatic N) is 2. The predicted molar refractivity (Wildman–Crippen MR) is 33.0 cm³/mol. The largest absolute Gasteiger partial charge is 0.655 e. The van der Waals surface area contributed by atoms with Crippen molar-refractivity contribution in [1.82, 2.24) is 4.90 Å². The van der Waals surface area contributed by atoms with Crippen molar-refractivity contribution in [2.75, 3.05) is 20.1 Å². The summed E-state index contributed by atoms with van der Waals surface area (Å²) in [7, 11) is 2.17. The molecule has 0 aromatic heterocycles. The van der Waals surface area contributed by atoms with Crippen molar-refractivity contribution in [2.45, 2.75) is 18.5 Å². The van der Waals surface area contributed by atoms with Gasteiger partial charge in [0.1, 0.15) is 0 Å². The molecule has 0 aromatic carbocycles.